The highest BCUT2D eigenvalue weighted by Gasteiger charge is 2.33. The monoisotopic (exact) mass is 290 g/mol. The first-order valence-electron chi connectivity index (χ1n) is 7.40. The van der Waals surface area contributed by atoms with Crippen molar-refractivity contribution in [3.05, 3.63) is 0 Å². The normalized spacial score (nSPS) is 25.9. The average molecular weight is 290 g/mol. The van der Waals surface area contributed by atoms with Crippen molar-refractivity contribution in [2.75, 3.05) is 31.1 Å². The molecule has 0 radical (unpaired) electrons. The van der Waals surface area contributed by atoms with E-state index in [1.54, 1.807) is 0 Å². The molecule has 0 aromatic rings. The highest BCUT2D eigenvalue weighted by atomic mass is 32.2. The molecule has 0 spiro atoms. The second-order valence-corrected chi connectivity index (χ2v) is 8.79. The van der Waals surface area contributed by atoms with Gasteiger partial charge in [0.2, 0.25) is 0 Å². The van der Waals surface area contributed by atoms with E-state index < -0.39 is 9.84 Å². The molecule has 1 N–H and O–H groups in total. The van der Waals surface area contributed by atoms with Crippen LogP contribution in [0.4, 0.5) is 0 Å². The lowest BCUT2D eigenvalue weighted by Crippen LogP contribution is -2.56. The zero-order chi connectivity index (χ0) is 14.6. The number of hydrogen-bond acceptors (Lipinski definition) is 4. The second-order valence-electron chi connectivity index (χ2n) is 6.56. The Morgan fingerprint density at radius 1 is 1.21 bits per heavy atom. The van der Waals surface area contributed by atoms with Crippen molar-refractivity contribution in [2.24, 2.45) is 11.8 Å². The van der Waals surface area contributed by atoms with E-state index in [9.17, 15) is 8.42 Å². The van der Waals surface area contributed by atoms with E-state index >= 15 is 0 Å². The van der Waals surface area contributed by atoms with Gasteiger partial charge in [-0.3, -0.25) is 4.90 Å². The van der Waals surface area contributed by atoms with Crippen LogP contribution in [-0.4, -0.2) is 56.5 Å². The van der Waals surface area contributed by atoms with Crippen LogP contribution in [0, 0.1) is 11.8 Å². The predicted molar refractivity (Wildman–Crippen MR) is 81.2 cm³/mol. The molecule has 19 heavy (non-hydrogen) atoms. The van der Waals surface area contributed by atoms with Gasteiger partial charge in [0, 0.05) is 25.2 Å². The van der Waals surface area contributed by atoms with Crippen molar-refractivity contribution in [3.8, 4) is 0 Å². The maximum Gasteiger partial charge on any atom is 0.153 e. The van der Waals surface area contributed by atoms with Gasteiger partial charge in [-0.25, -0.2) is 8.42 Å². The van der Waals surface area contributed by atoms with Gasteiger partial charge in [0.15, 0.2) is 9.84 Å². The molecule has 0 amide bonds. The molecule has 2 unspecified atom stereocenters. The summed E-state index contributed by atoms with van der Waals surface area (Å²) in [7, 11) is -2.82. The van der Waals surface area contributed by atoms with Crippen LogP contribution in [0.15, 0.2) is 0 Å². The molecule has 114 valence electrons. The van der Waals surface area contributed by atoms with E-state index in [4.69, 9.17) is 0 Å². The van der Waals surface area contributed by atoms with Crippen LogP contribution in [0.1, 0.15) is 34.6 Å². The molecular formula is C14H30N2O2S. The average Bonchev–Trinajstić information content (AvgIpc) is 2.24. The SMILES string of the molecule is CC(C)CNCC(C(C)C)N1CCS(=O)(=O)CC1C. The molecule has 0 saturated carbocycles. The Labute approximate surface area is 118 Å². The van der Waals surface area contributed by atoms with E-state index in [0.717, 1.165) is 13.1 Å². The lowest BCUT2D eigenvalue weighted by molar-refractivity contribution is 0.119. The van der Waals surface area contributed by atoms with Gasteiger partial charge in [-0.15, -0.1) is 0 Å². The van der Waals surface area contributed by atoms with Gasteiger partial charge < -0.3 is 5.32 Å². The van der Waals surface area contributed by atoms with Crippen molar-refractivity contribution in [1.29, 1.82) is 0 Å². The summed E-state index contributed by atoms with van der Waals surface area (Å²) in [5.41, 5.74) is 0. The Hall–Kier alpha value is -0.130. The molecule has 0 aromatic carbocycles. The zero-order valence-electron chi connectivity index (χ0n) is 13.0. The Bertz CT molecular complexity index is 366. The number of sulfone groups is 1. The van der Waals surface area contributed by atoms with Gasteiger partial charge in [-0.1, -0.05) is 27.7 Å². The summed E-state index contributed by atoms with van der Waals surface area (Å²) in [5.74, 6) is 1.79. The summed E-state index contributed by atoms with van der Waals surface area (Å²) in [6.07, 6.45) is 0. The molecule has 1 aliphatic rings. The van der Waals surface area contributed by atoms with Crippen molar-refractivity contribution in [1.82, 2.24) is 10.2 Å². The fourth-order valence-corrected chi connectivity index (χ4v) is 4.34. The minimum Gasteiger partial charge on any atom is -0.315 e. The molecule has 0 aliphatic carbocycles. The maximum atomic E-state index is 11.7. The lowest BCUT2D eigenvalue weighted by Gasteiger charge is -2.41. The number of rotatable bonds is 6. The molecular weight excluding hydrogens is 260 g/mol. The lowest BCUT2D eigenvalue weighted by atomic mass is 10.0. The third kappa shape index (κ3) is 5.40. The van der Waals surface area contributed by atoms with Crippen molar-refractivity contribution < 1.29 is 8.42 Å². The summed E-state index contributed by atoms with van der Waals surface area (Å²) < 4.78 is 23.3. The molecule has 1 saturated heterocycles. The molecule has 1 fully saturated rings. The Morgan fingerprint density at radius 3 is 2.32 bits per heavy atom. The quantitative estimate of drug-likeness (QED) is 0.803. The molecule has 1 rings (SSSR count). The Kier molecular flexibility index (Phi) is 6.27. The fraction of sp³-hybridized carbons (Fsp3) is 1.00. The molecule has 0 bridgehead atoms. The van der Waals surface area contributed by atoms with Crippen LogP contribution < -0.4 is 5.32 Å². The fourth-order valence-electron chi connectivity index (χ4n) is 2.76. The molecule has 5 heteroatoms. The minimum absolute atomic E-state index is 0.131. The van der Waals surface area contributed by atoms with Gasteiger partial charge in [0.05, 0.1) is 11.5 Å². The van der Waals surface area contributed by atoms with E-state index in [2.05, 4.69) is 37.9 Å². The maximum absolute atomic E-state index is 11.7. The van der Waals surface area contributed by atoms with Crippen LogP contribution in [0.2, 0.25) is 0 Å². The second kappa shape index (κ2) is 7.04. The van der Waals surface area contributed by atoms with Crippen LogP contribution in [0.25, 0.3) is 0 Å². The summed E-state index contributed by atoms with van der Waals surface area (Å²) in [6, 6.07) is 0.552. The van der Waals surface area contributed by atoms with Crippen molar-refractivity contribution in [2.45, 2.75) is 46.7 Å². The third-order valence-electron chi connectivity index (χ3n) is 3.82. The van der Waals surface area contributed by atoms with E-state index in [0.29, 0.717) is 35.9 Å². The standard InChI is InChI=1S/C14H30N2O2S/c1-11(2)8-15-9-14(12(3)4)16-6-7-19(17,18)10-13(16)5/h11-15H,6-10H2,1-5H3. The molecule has 4 nitrogen and oxygen atoms in total. The Balaban J connectivity index is 2.61. The van der Waals surface area contributed by atoms with Crippen LogP contribution in [0.3, 0.4) is 0 Å². The topological polar surface area (TPSA) is 49.4 Å². The summed E-state index contributed by atoms with van der Waals surface area (Å²) in [6.45, 7) is 13.5. The Morgan fingerprint density at radius 2 is 1.84 bits per heavy atom. The van der Waals surface area contributed by atoms with E-state index in [1.807, 2.05) is 6.92 Å². The summed E-state index contributed by atoms with van der Waals surface area (Å²) >= 11 is 0. The molecule has 0 aromatic heterocycles. The zero-order valence-corrected chi connectivity index (χ0v) is 13.8. The summed E-state index contributed by atoms with van der Waals surface area (Å²) in [4.78, 5) is 2.37. The minimum atomic E-state index is -2.82. The number of nitrogens with zero attached hydrogens (tertiary/aromatic N) is 1. The summed E-state index contributed by atoms with van der Waals surface area (Å²) in [5, 5.41) is 3.51. The number of nitrogens with one attached hydrogen (secondary N) is 1. The van der Waals surface area contributed by atoms with Crippen LogP contribution >= 0.6 is 0 Å². The number of hydrogen-bond donors (Lipinski definition) is 1. The van der Waals surface area contributed by atoms with E-state index in [1.165, 1.54) is 0 Å². The van der Waals surface area contributed by atoms with Gasteiger partial charge in [-0.05, 0) is 25.3 Å². The highest BCUT2D eigenvalue weighted by molar-refractivity contribution is 7.91. The van der Waals surface area contributed by atoms with E-state index in [-0.39, 0.29) is 6.04 Å². The third-order valence-corrected chi connectivity index (χ3v) is 5.62. The van der Waals surface area contributed by atoms with Gasteiger partial charge in [0.25, 0.3) is 0 Å². The predicted octanol–water partition coefficient (Wildman–Crippen LogP) is 1.38. The van der Waals surface area contributed by atoms with Crippen molar-refractivity contribution >= 4 is 9.84 Å². The molecule has 1 heterocycles. The van der Waals surface area contributed by atoms with Crippen LogP contribution in [0.5, 0.6) is 0 Å². The first kappa shape index (κ1) is 16.9. The first-order chi connectivity index (χ1) is 8.73. The van der Waals surface area contributed by atoms with Gasteiger partial charge in [-0.2, -0.15) is 0 Å². The molecule has 1 aliphatic heterocycles. The first-order valence-corrected chi connectivity index (χ1v) is 9.22. The molecule has 2 atom stereocenters. The van der Waals surface area contributed by atoms with Gasteiger partial charge >= 0.3 is 0 Å². The highest BCUT2D eigenvalue weighted by Crippen LogP contribution is 2.19. The largest absolute Gasteiger partial charge is 0.315 e. The van der Waals surface area contributed by atoms with Gasteiger partial charge in [0.1, 0.15) is 0 Å². The van der Waals surface area contributed by atoms with Crippen LogP contribution in [-0.2, 0) is 9.84 Å². The smallest absolute Gasteiger partial charge is 0.153 e. The van der Waals surface area contributed by atoms with Crippen molar-refractivity contribution in [3.63, 3.8) is 0 Å².